The van der Waals surface area contributed by atoms with Crippen molar-refractivity contribution < 1.29 is 41.7 Å². The number of esters is 2. The van der Waals surface area contributed by atoms with E-state index in [1.807, 2.05) is 6.07 Å². The van der Waals surface area contributed by atoms with E-state index in [2.05, 4.69) is 80.4 Å². The van der Waals surface area contributed by atoms with Crippen LogP contribution >= 0.6 is 23.2 Å². The molecule has 4 atom stereocenters. The molecule has 0 aliphatic carbocycles. The Morgan fingerprint density at radius 3 is 1.83 bits per heavy atom. The maximum Gasteiger partial charge on any atom is 0.315 e. The summed E-state index contributed by atoms with van der Waals surface area (Å²) in [5.41, 5.74) is 3.10. The lowest BCUT2D eigenvalue weighted by Gasteiger charge is -2.41. The zero-order chi connectivity index (χ0) is 47.9. The number of carbonyl (C=O) groups excluding carboxylic acids is 2. The Morgan fingerprint density at radius 1 is 0.844 bits per heavy atom. The number of hydrogen-bond donors (Lipinski definition) is 0. The second-order valence-electron chi connectivity index (χ2n) is 20.0. The van der Waals surface area contributed by atoms with Crippen LogP contribution in [0.1, 0.15) is 115 Å². The predicted octanol–water partition coefficient (Wildman–Crippen LogP) is 12.6. The smallest absolute Gasteiger partial charge is 0.315 e. The van der Waals surface area contributed by atoms with Crippen LogP contribution in [0.25, 0.3) is 0 Å². The molecule has 0 amide bonds. The molecule has 5 rings (SSSR count). The first kappa shape index (κ1) is 52.5. The van der Waals surface area contributed by atoms with Gasteiger partial charge in [0.1, 0.15) is 35.0 Å². The molecule has 2 unspecified atom stereocenters. The molecule has 0 N–H and O–H groups in total. The molecule has 1 saturated heterocycles. The minimum absolute atomic E-state index is 0.00243. The Labute approximate surface area is 390 Å². The molecule has 0 radical (unpaired) electrons. The third-order valence-electron chi connectivity index (χ3n) is 12.4. The Balaban J connectivity index is 0.000000294. The monoisotopic (exact) mass is 942 g/mol. The molecule has 9 nitrogen and oxygen atoms in total. The number of aromatic nitrogens is 2. The zero-order valence-electron chi connectivity index (χ0n) is 39.9. The van der Waals surface area contributed by atoms with Crippen molar-refractivity contribution in [2.24, 2.45) is 22.7 Å². The molecular formula is C50H66Cl2F2N2O7Si. The number of halogens is 4. The van der Waals surface area contributed by atoms with Crippen molar-refractivity contribution in [2.75, 3.05) is 34.0 Å². The highest BCUT2D eigenvalue weighted by Crippen LogP contribution is 2.46. The number of ether oxygens (including phenoxy) is 4. The lowest BCUT2D eigenvalue weighted by molar-refractivity contribution is -0.148. The fourth-order valence-electron chi connectivity index (χ4n) is 7.42. The molecule has 2 aromatic carbocycles. The van der Waals surface area contributed by atoms with Crippen molar-refractivity contribution in [3.8, 4) is 11.5 Å². The van der Waals surface area contributed by atoms with E-state index in [-0.39, 0.29) is 62.7 Å². The van der Waals surface area contributed by atoms with Gasteiger partial charge in [0, 0.05) is 43.7 Å². The summed E-state index contributed by atoms with van der Waals surface area (Å²) < 4.78 is 57.4. The molecular weight excluding hydrogens is 878 g/mol. The van der Waals surface area contributed by atoms with Gasteiger partial charge in [0.25, 0.3) is 0 Å². The Kier molecular flexibility index (Phi) is 17.6. The summed E-state index contributed by atoms with van der Waals surface area (Å²) in [7, 11) is 1.00. The number of nitrogens with zero attached hydrogens (tertiary/aromatic N) is 2. The van der Waals surface area contributed by atoms with Crippen LogP contribution in [-0.4, -0.2) is 64.3 Å². The van der Waals surface area contributed by atoms with Gasteiger partial charge in [0.15, 0.2) is 8.32 Å². The predicted molar refractivity (Wildman–Crippen MR) is 252 cm³/mol. The zero-order valence-corrected chi connectivity index (χ0v) is 42.4. The number of pyridine rings is 2. The average molecular weight is 944 g/mol. The summed E-state index contributed by atoms with van der Waals surface area (Å²) >= 11 is 11.8. The summed E-state index contributed by atoms with van der Waals surface area (Å²) in [5, 5.41) is 0.194. The molecule has 4 aromatic rings. The van der Waals surface area contributed by atoms with Crippen molar-refractivity contribution in [1.82, 2.24) is 9.97 Å². The summed E-state index contributed by atoms with van der Waals surface area (Å²) in [6.07, 6.45) is 3.94. The minimum atomic E-state index is -2.08. The third kappa shape index (κ3) is 12.8. The topological polar surface area (TPSA) is 106 Å². The highest BCUT2D eigenvalue weighted by Gasteiger charge is 2.47. The first-order chi connectivity index (χ1) is 29.7. The van der Waals surface area contributed by atoms with E-state index < -0.39 is 31.8 Å². The normalized spacial score (nSPS) is 16.6. The highest BCUT2D eigenvalue weighted by molar-refractivity contribution is 6.74. The van der Waals surface area contributed by atoms with Crippen LogP contribution in [0.4, 0.5) is 8.78 Å². The second kappa shape index (κ2) is 21.5. The van der Waals surface area contributed by atoms with Gasteiger partial charge in [0.2, 0.25) is 0 Å². The van der Waals surface area contributed by atoms with Crippen LogP contribution in [0.3, 0.4) is 0 Å². The molecule has 1 aliphatic rings. The van der Waals surface area contributed by atoms with E-state index in [0.717, 1.165) is 11.1 Å². The third-order valence-corrected chi connectivity index (χ3v) is 17.5. The number of cyclic esters (lactones) is 1. The molecule has 350 valence electrons. The molecule has 14 heteroatoms. The summed E-state index contributed by atoms with van der Waals surface area (Å²) in [4.78, 5) is 35.0. The van der Waals surface area contributed by atoms with E-state index in [9.17, 15) is 18.4 Å². The molecule has 0 spiro atoms. The SMILES string of the molecule is CCOC(=O)C(c1ncc(Cc2cccc(Cl)c2F)cc1OC)[C@H](CO[Si](C)(C)C(C)(C)C)C(C)(C)C.COc1cc(Cc2cccc(Cl)c2F)cnc1C1C(=O)OC[C@@H]1C(C)(C)C. The van der Waals surface area contributed by atoms with Crippen LogP contribution < -0.4 is 9.47 Å². The van der Waals surface area contributed by atoms with Crippen molar-refractivity contribution in [2.45, 2.75) is 112 Å². The standard InChI is InChI=1S/C29H43ClFNO4Si.C21H23ClFNO3/c1-11-35-27(33)24(21(28(2,3)4)18-36-37(9,10)29(5,6)7)26-23(34-8)16-19(17-32-26)15-20-13-12-14-22(30)25(20)31;1-21(2,3)14-11-27-20(25)17(14)19-16(26-4)9-12(10-24-19)8-13-6-5-7-15(22)18(13)23/h12-14,16-17,21,24H,11,15,18H2,1-10H3;5-7,9-10,14,17H,8,11H2,1-4H3/t21-,24?;14-,17?/m00/s1. The van der Waals surface area contributed by atoms with Gasteiger partial charge in [-0.2, -0.15) is 0 Å². The Hall–Kier alpha value is -4.10. The quantitative estimate of drug-likeness (QED) is 0.0902. The summed E-state index contributed by atoms with van der Waals surface area (Å²) in [5.74, 6) is -1.96. The Bertz CT molecular complexity index is 2250. The second-order valence-corrected chi connectivity index (χ2v) is 25.6. The molecule has 3 heterocycles. The van der Waals surface area contributed by atoms with E-state index in [1.165, 1.54) is 19.2 Å². The van der Waals surface area contributed by atoms with Crippen LogP contribution in [-0.2, 0) is 36.3 Å². The average Bonchev–Trinajstić information content (AvgIpc) is 3.61. The van der Waals surface area contributed by atoms with Crippen molar-refractivity contribution in [3.05, 3.63) is 116 Å². The van der Waals surface area contributed by atoms with Crippen LogP contribution in [0.5, 0.6) is 11.5 Å². The van der Waals surface area contributed by atoms with E-state index in [4.69, 9.17) is 51.6 Å². The fraction of sp³-hybridized carbons (Fsp3) is 0.520. The number of hydrogen-bond acceptors (Lipinski definition) is 9. The highest BCUT2D eigenvalue weighted by atomic mass is 35.5. The van der Waals surface area contributed by atoms with Crippen LogP contribution in [0, 0.1) is 34.3 Å². The largest absolute Gasteiger partial charge is 0.495 e. The van der Waals surface area contributed by atoms with Crippen molar-refractivity contribution >= 4 is 43.5 Å². The maximum atomic E-state index is 14.5. The van der Waals surface area contributed by atoms with E-state index >= 15 is 0 Å². The summed E-state index contributed by atoms with van der Waals surface area (Å²) in [6, 6.07) is 13.4. The van der Waals surface area contributed by atoms with Crippen LogP contribution in [0.15, 0.2) is 60.9 Å². The van der Waals surface area contributed by atoms with Crippen molar-refractivity contribution in [1.29, 1.82) is 0 Å². The summed E-state index contributed by atoms with van der Waals surface area (Å²) in [6.45, 7) is 26.3. The lowest BCUT2D eigenvalue weighted by Crippen LogP contribution is -2.45. The molecule has 1 aliphatic heterocycles. The van der Waals surface area contributed by atoms with Gasteiger partial charge >= 0.3 is 11.9 Å². The Morgan fingerprint density at radius 2 is 1.36 bits per heavy atom. The maximum absolute atomic E-state index is 14.5. The van der Waals surface area contributed by atoms with Gasteiger partial charge in [-0.25, -0.2) is 8.78 Å². The first-order valence-corrected chi connectivity index (χ1v) is 25.3. The van der Waals surface area contributed by atoms with Gasteiger partial charge in [-0.05, 0) is 82.4 Å². The number of rotatable bonds is 14. The molecule has 64 heavy (non-hydrogen) atoms. The van der Waals surface area contributed by atoms with Crippen molar-refractivity contribution in [3.63, 3.8) is 0 Å². The van der Waals surface area contributed by atoms with Gasteiger partial charge in [-0.1, -0.05) is 110 Å². The van der Waals surface area contributed by atoms with Gasteiger partial charge < -0.3 is 23.4 Å². The molecule has 1 fully saturated rings. The number of carbonyl (C=O) groups is 2. The number of methoxy groups -OCH3 is 2. The molecule has 0 saturated carbocycles. The van der Waals surface area contributed by atoms with Gasteiger partial charge in [0.05, 0.1) is 48.9 Å². The molecule has 2 aromatic heterocycles. The van der Waals surface area contributed by atoms with Gasteiger partial charge in [-0.15, -0.1) is 0 Å². The fourth-order valence-corrected chi connectivity index (χ4v) is 8.84. The minimum Gasteiger partial charge on any atom is -0.495 e. The molecule has 0 bridgehead atoms. The first-order valence-electron chi connectivity index (χ1n) is 21.6. The number of benzene rings is 2. The lowest BCUT2D eigenvalue weighted by atomic mass is 9.72. The van der Waals surface area contributed by atoms with Crippen LogP contribution in [0.2, 0.25) is 28.2 Å². The van der Waals surface area contributed by atoms with E-state index in [0.29, 0.717) is 53.6 Å². The van der Waals surface area contributed by atoms with Gasteiger partial charge in [-0.3, -0.25) is 19.6 Å². The van der Waals surface area contributed by atoms with E-state index in [1.54, 1.807) is 56.8 Å².